The van der Waals surface area contributed by atoms with Crippen molar-refractivity contribution in [1.29, 1.82) is 0 Å². The second kappa shape index (κ2) is 8.79. The second-order valence-electron chi connectivity index (χ2n) is 3.41. The van der Waals surface area contributed by atoms with Crippen LogP contribution in [0.25, 0.3) is 0 Å². The fraction of sp³-hybridized carbons (Fsp3) is 0.818. The van der Waals surface area contributed by atoms with Gasteiger partial charge in [-0.15, -0.1) is 0 Å². The molecule has 0 bridgehead atoms. The van der Waals surface area contributed by atoms with Crippen molar-refractivity contribution in [3.8, 4) is 0 Å². The minimum atomic E-state index is 0.306. The third-order valence-corrected chi connectivity index (χ3v) is 2.02. The second-order valence-corrected chi connectivity index (χ2v) is 3.41. The van der Waals surface area contributed by atoms with E-state index in [2.05, 4.69) is 26.0 Å². The van der Waals surface area contributed by atoms with Gasteiger partial charge in [-0.25, -0.2) is 0 Å². The Bertz CT molecular complexity index is 108. The maximum Gasteiger partial charge on any atom is 0.0436 e. The molecule has 0 rings (SSSR count). The summed E-state index contributed by atoms with van der Waals surface area (Å²) in [6.45, 7) is 4.67. The molecule has 1 N–H and O–H groups in total. The SMILES string of the molecule is CCCCC/C=C/[C@@H](C)CCO. The molecule has 0 aromatic rings. The van der Waals surface area contributed by atoms with Gasteiger partial charge >= 0.3 is 0 Å². The molecule has 1 atom stereocenters. The van der Waals surface area contributed by atoms with Gasteiger partial charge in [0.1, 0.15) is 0 Å². The van der Waals surface area contributed by atoms with Gasteiger partial charge in [0.2, 0.25) is 0 Å². The van der Waals surface area contributed by atoms with Crippen LogP contribution >= 0.6 is 0 Å². The van der Waals surface area contributed by atoms with Crippen LogP contribution in [0.15, 0.2) is 12.2 Å². The summed E-state index contributed by atoms with van der Waals surface area (Å²) in [5.74, 6) is 0.539. The first-order valence-electron chi connectivity index (χ1n) is 5.08. The van der Waals surface area contributed by atoms with Crippen molar-refractivity contribution in [2.45, 2.75) is 46.0 Å². The summed E-state index contributed by atoms with van der Waals surface area (Å²) in [6.07, 6.45) is 10.5. The summed E-state index contributed by atoms with van der Waals surface area (Å²) < 4.78 is 0. The van der Waals surface area contributed by atoms with Crippen LogP contribution in [0, 0.1) is 5.92 Å². The molecule has 0 spiro atoms. The summed E-state index contributed by atoms with van der Waals surface area (Å²) in [5.41, 5.74) is 0. The largest absolute Gasteiger partial charge is 0.396 e. The van der Waals surface area contributed by atoms with E-state index in [1.807, 2.05) is 0 Å². The zero-order valence-electron chi connectivity index (χ0n) is 8.42. The molecule has 0 amide bonds. The number of aliphatic hydroxyl groups is 1. The predicted molar refractivity (Wildman–Crippen MR) is 54.1 cm³/mol. The molecule has 1 nitrogen and oxygen atoms in total. The highest BCUT2D eigenvalue weighted by Gasteiger charge is 1.93. The van der Waals surface area contributed by atoms with Crippen LogP contribution in [0.3, 0.4) is 0 Å². The van der Waals surface area contributed by atoms with Gasteiger partial charge in [0.25, 0.3) is 0 Å². The lowest BCUT2D eigenvalue weighted by Crippen LogP contribution is -1.92. The van der Waals surface area contributed by atoms with Crippen molar-refractivity contribution in [2.24, 2.45) is 5.92 Å². The molecule has 0 saturated heterocycles. The molecule has 0 heterocycles. The summed E-state index contributed by atoms with van der Waals surface area (Å²) in [5, 5.41) is 8.64. The minimum Gasteiger partial charge on any atom is -0.396 e. The number of allylic oxidation sites excluding steroid dienone is 2. The molecule has 0 radical (unpaired) electrons. The van der Waals surface area contributed by atoms with Gasteiger partial charge in [0, 0.05) is 6.61 Å². The Kier molecular flexibility index (Phi) is 8.57. The third-order valence-electron chi connectivity index (χ3n) is 2.02. The highest BCUT2D eigenvalue weighted by Crippen LogP contribution is 2.05. The predicted octanol–water partition coefficient (Wildman–Crippen LogP) is 3.14. The van der Waals surface area contributed by atoms with Gasteiger partial charge in [0.05, 0.1) is 0 Å². The highest BCUT2D eigenvalue weighted by atomic mass is 16.2. The first-order chi connectivity index (χ1) is 5.81. The van der Waals surface area contributed by atoms with E-state index in [1.165, 1.54) is 25.7 Å². The molecular formula is C11H22O. The van der Waals surface area contributed by atoms with Gasteiger partial charge < -0.3 is 5.11 Å². The van der Waals surface area contributed by atoms with Gasteiger partial charge in [-0.3, -0.25) is 0 Å². The van der Waals surface area contributed by atoms with Crippen molar-refractivity contribution < 1.29 is 5.11 Å². The first-order valence-corrected chi connectivity index (χ1v) is 5.08. The normalized spacial score (nSPS) is 13.9. The molecule has 0 unspecified atom stereocenters. The monoisotopic (exact) mass is 170 g/mol. The highest BCUT2D eigenvalue weighted by molar-refractivity contribution is 4.85. The van der Waals surface area contributed by atoms with E-state index in [0.717, 1.165) is 6.42 Å². The summed E-state index contributed by atoms with van der Waals surface area (Å²) in [7, 11) is 0. The van der Waals surface area contributed by atoms with E-state index >= 15 is 0 Å². The van der Waals surface area contributed by atoms with Crippen LogP contribution in [0.1, 0.15) is 46.0 Å². The molecule has 0 aliphatic carbocycles. The van der Waals surface area contributed by atoms with Crippen LogP contribution in [0.4, 0.5) is 0 Å². The molecule has 12 heavy (non-hydrogen) atoms. The lowest BCUT2D eigenvalue weighted by atomic mass is 10.1. The van der Waals surface area contributed by atoms with Crippen molar-refractivity contribution in [2.75, 3.05) is 6.61 Å². The Labute approximate surface area is 76.5 Å². The standard InChI is InChI=1S/C11H22O/c1-3-4-5-6-7-8-11(2)9-10-12/h7-8,11-12H,3-6,9-10H2,1-2H3/b8-7+/t11-/m1/s1. The van der Waals surface area contributed by atoms with E-state index in [1.54, 1.807) is 0 Å². The van der Waals surface area contributed by atoms with Gasteiger partial charge in [-0.05, 0) is 25.2 Å². The van der Waals surface area contributed by atoms with E-state index in [0.29, 0.717) is 12.5 Å². The van der Waals surface area contributed by atoms with Crippen LogP contribution in [0.5, 0.6) is 0 Å². The topological polar surface area (TPSA) is 20.2 Å². The number of unbranched alkanes of at least 4 members (excludes halogenated alkanes) is 3. The fourth-order valence-corrected chi connectivity index (χ4v) is 1.14. The lowest BCUT2D eigenvalue weighted by molar-refractivity contribution is 0.274. The molecule has 0 fully saturated rings. The third kappa shape index (κ3) is 7.80. The Balaban J connectivity index is 3.22. The molecule has 0 aliphatic rings. The van der Waals surface area contributed by atoms with Crippen LogP contribution in [0.2, 0.25) is 0 Å². The van der Waals surface area contributed by atoms with E-state index < -0.39 is 0 Å². The smallest absolute Gasteiger partial charge is 0.0436 e. The maximum atomic E-state index is 8.64. The number of hydrogen-bond acceptors (Lipinski definition) is 1. The van der Waals surface area contributed by atoms with Crippen LogP contribution in [-0.2, 0) is 0 Å². The van der Waals surface area contributed by atoms with Crippen molar-refractivity contribution in [1.82, 2.24) is 0 Å². The number of hydrogen-bond donors (Lipinski definition) is 1. The van der Waals surface area contributed by atoms with Crippen molar-refractivity contribution in [3.05, 3.63) is 12.2 Å². The first kappa shape index (κ1) is 11.7. The van der Waals surface area contributed by atoms with E-state index in [-0.39, 0.29) is 0 Å². The Morgan fingerprint density at radius 1 is 1.33 bits per heavy atom. The zero-order chi connectivity index (χ0) is 9.23. The zero-order valence-corrected chi connectivity index (χ0v) is 8.42. The summed E-state index contributed by atoms with van der Waals surface area (Å²) in [4.78, 5) is 0. The fourth-order valence-electron chi connectivity index (χ4n) is 1.14. The van der Waals surface area contributed by atoms with Gasteiger partial charge in [0.15, 0.2) is 0 Å². The maximum absolute atomic E-state index is 8.64. The van der Waals surface area contributed by atoms with Gasteiger partial charge in [-0.2, -0.15) is 0 Å². The van der Waals surface area contributed by atoms with Gasteiger partial charge in [-0.1, -0.05) is 38.8 Å². The minimum absolute atomic E-state index is 0.306. The van der Waals surface area contributed by atoms with Crippen LogP contribution in [-0.4, -0.2) is 11.7 Å². The lowest BCUT2D eigenvalue weighted by Gasteiger charge is -2.01. The molecule has 0 aromatic heterocycles. The Morgan fingerprint density at radius 2 is 2.08 bits per heavy atom. The van der Waals surface area contributed by atoms with E-state index in [9.17, 15) is 0 Å². The molecular weight excluding hydrogens is 148 g/mol. The molecule has 1 heteroatoms. The number of aliphatic hydroxyl groups excluding tert-OH is 1. The summed E-state index contributed by atoms with van der Waals surface area (Å²) >= 11 is 0. The van der Waals surface area contributed by atoms with Crippen LogP contribution < -0.4 is 0 Å². The molecule has 72 valence electrons. The molecule has 0 saturated carbocycles. The van der Waals surface area contributed by atoms with Crippen molar-refractivity contribution in [3.63, 3.8) is 0 Å². The quantitative estimate of drug-likeness (QED) is 0.459. The van der Waals surface area contributed by atoms with Crippen molar-refractivity contribution >= 4 is 0 Å². The average Bonchev–Trinajstić information content (AvgIpc) is 2.05. The number of rotatable bonds is 7. The van der Waals surface area contributed by atoms with E-state index in [4.69, 9.17) is 5.11 Å². The Morgan fingerprint density at radius 3 is 2.67 bits per heavy atom. The molecule has 0 aromatic carbocycles. The summed E-state index contributed by atoms with van der Waals surface area (Å²) in [6, 6.07) is 0. The average molecular weight is 170 g/mol. The Hall–Kier alpha value is -0.300. The molecule has 0 aliphatic heterocycles.